The van der Waals surface area contributed by atoms with Gasteiger partial charge in [-0.15, -0.1) is 0 Å². The summed E-state index contributed by atoms with van der Waals surface area (Å²) in [5, 5.41) is 8.89. The molecule has 0 aliphatic carbocycles. The van der Waals surface area contributed by atoms with Gasteiger partial charge < -0.3 is 14.6 Å². The molecular formula is C15H15NO4. The quantitative estimate of drug-likeness (QED) is 0.874. The van der Waals surface area contributed by atoms with Gasteiger partial charge in [-0.1, -0.05) is 6.92 Å². The van der Waals surface area contributed by atoms with Crippen molar-refractivity contribution in [3.8, 4) is 17.4 Å². The largest absolute Gasteiger partial charge is 0.494 e. The van der Waals surface area contributed by atoms with Gasteiger partial charge in [0.05, 0.1) is 12.2 Å². The predicted molar refractivity (Wildman–Crippen MR) is 73.5 cm³/mol. The van der Waals surface area contributed by atoms with Gasteiger partial charge in [-0.05, 0) is 36.8 Å². The first-order valence-electron chi connectivity index (χ1n) is 6.29. The Balaban J connectivity index is 2.06. The number of aromatic carboxylic acids is 1. The minimum atomic E-state index is -1.01. The molecule has 0 radical (unpaired) electrons. The summed E-state index contributed by atoms with van der Waals surface area (Å²) in [6.07, 6.45) is 2.35. The minimum absolute atomic E-state index is 0.137. The number of carboxylic acids is 1. The van der Waals surface area contributed by atoms with Crippen LogP contribution in [0.25, 0.3) is 0 Å². The summed E-state index contributed by atoms with van der Waals surface area (Å²) in [5.74, 6) is 0.572. The van der Waals surface area contributed by atoms with Crippen molar-refractivity contribution in [1.82, 2.24) is 4.98 Å². The van der Waals surface area contributed by atoms with Gasteiger partial charge >= 0.3 is 5.97 Å². The molecule has 1 aromatic heterocycles. The van der Waals surface area contributed by atoms with E-state index in [-0.39, 0.29) is 11.4 Å². The van der Waals surface area contributed by atoms with E-state index in [0.29, 0.717) is 12.4 Å². The van der Waals surface area contributed by atoms with Crippen LogP contribution in [-0.2, 0) is 0 Å². The number of hydrogen-bond donors (Lipinski definition) is 1. The van der Waals surface area contributed by atoms with Crippen molar-refractivity contribution < 1.29 is 19.4 Å². The molecule has 104 valence electrons. The van der Waals surface area contributed by atoms with Gasteiger partial charge in [-0.2, -0.15) is 0 Å². The van der Waals surface area contributed by atoms with Crippen molar-refractivity contribution in [3.05, 3.63) is 48.2 Å². The lowest BCUT2D eigenvalue weighted by atomic mass is 10.3. The van der Waals surface area contributed by atoms with Gasteiger partial charge in [0.2, 0.25) is 5.88 Å². The van der Waals surface area contributed by atoms with Crippen LogP contribution in [0.5, 0.6) is 17.4 Å². The average Bonchev–Trinajstić information content (AvgIpc) is 2.47. The van der Waals surface area contributed by atoms with Gasteiger partial charge in [0.1, 0.15) is 11.5 Å². The van der Waals surface area contributed by atoms with E-state index >= 15 is 0 Å². The fourth-order valence-electron chi connectivity index (χ4n) is 1.54. The molecule has 0 unspecified atom stereocenters. The molecule has 0 bridgehead atoms. The maximum absolute atomic E-state index is 10.9. The normalized spacial score (nSPS) is 10.1. The third kappa shape index (κ3) is 3.71. The zero-order valence-corrected chi connectivity index (χ0v) is 11.1. The Morgan fingerprint density at radius 3 is 2.55 bits per heavy atom. The highest BCUT2D eigenvalue weighted by Gasteiger charge is 2.06. The number of rotatable bonds is 6. The van der Waals surface area contributed by atoms with E-state index in [0.717, 1.165) is 12.2 Å². The highest BCUT2D eigenvalue weighted by molar-refractivity contribution is 5.87. The van der Waals surface area contributed by atoms with Crippen molar-refractivity contribution in [2.75, 3.05) is 6.61 Å². The Morgan fingerprint density at radius 1 is 1.20 bits per heavy atom. The number of benzene rings is 1. The van der Waals surface area contributed by atoms with Gasteiger partial charge in [0.15, 0.2) is 0 Å². The van der Waals surface area contributed by atoms with Crippen LogP contribution in [0.2, 0.25) is 0 Å². The zero-order chi connectivity index (χ0) is 14.4. The molecule has 2 aromatic rings. The number of ether oxygens (including phenoxy) is 2. The molecule has 0 spiro atoms. The van der Waals surface area contributed by atoms with E-state index in [1.54, 1.807) is 24.3 Å². The Kier molecular flexibility index (Phi) is 4.55. The van der Waals surface area contributed by atoms with Crippen molar-refractivity contribution in [3.63, 3.8) is 0 Å². The highest BCUT2D eigenvalue weighted by atomic mass is 16.5. The minimum Gasteiger partial charge on any atom is -0.494 e. The molecule has 1 aromatic carbocycles. The number of aromatic nitrogens is 1. The third-order valence-electron chi connectivity index (χ3n) is 2.50. The molecule has 2 rings (SSSR count). The van der Waals surface area contributed by atoms with Gasteiger partial charge in [-0.25, -0.2) is 9.78 Å². The first-order valence-corrected chi connectivity index (χ1v) is 6.29. The molecule has 0 saturated carbocycles. The van der Waals surface area contributed by atoms with Crippen LogP contribution in [0.3, 0.4) is 0 Å². The Labute approximate surface area is 116 Å². The molecule has 5 heteroatoms. The summed E-state index contributed by atoms with van der Waals surface area (Å²) < 4.78 is 11.0. The van der Waals surface area contributed by atoms with E-state index in [4.69, 9.17) is 14.6 Å². The Morgan fingerprint density at radius 2 is 1.90 bits per heavy atom. The van der Waals surface area contributed by atoms with Crippen LogP contribution in [0, 0.1) is 0 Å². The number of nitrogens with zero attached hydrogens (tertiary/aromatic N) is 1. The lowest BCUT2D eigenvalue weighted by Crippen LogP contribution is -1.98. The monoisotopic (exact) mass is 273 g/mol. The van der Waals surface area contributed by atoms with Gasteiger partial charge in [0, 0.05) is 12.3 Å². The van der Waals surface area contributed by atoms with Crippen LogP contribution in [-0.4, -0.2) is 22.7 Å². The molecular weight excluding hydrogens is 258 g/mol. The standard InChI is InChI=1S/C15H15NO4/c1-2-9-19-12-3-5-13(6-4-12)20-14-10-11(15(17)18)7-8-16-14/h3-8,10H,2,9H2,1H3,(H,17,18). The average molecular weight is 273 g/mol. The van der Waals surface area contributed by atoms with Crippen LogP contribution >= 0.6 is 0 Å². The maximum Gasteiger partial charge on any atom is 0.335 e. The first kappa shape index (κ1) is 13.9. The molecule has 1 heterocycles. The van der Waals surface area contributed by atoms with Crippen molar-refractivity contribution >= 4 is 5.97 Å². The second-order valence-electron chi connectivity index (χ2n) is 4.11. The van der Waals surface area contributed by atoms with Crippen molar-refractivity contribution in [2.24, 2.45) is 0 Å². The van der Waals surface area contributed by atoms with Crippen LogP contribution < -0.4 is 9.47 Å². The van der Waals surface area contributed by atoms with Gasteiger partial charge in [-0.3, -0.25) is 0 Å². The molecule has 0 saturated heterocycles. The van der Waals surface area contributed by atoms with Crippen molar-refractivity contribution in [2.45, 2.75) is 13.3 Å². The number of carboxylic acid groups (broad SMARTS) is 1. The van der Waals surface area contributed by atoms with E-state index in [1.807, 2.05) is 6.92 Å². The molecule has 0 aliphatic rings. The third-order valence-corrected chi connectivity index (χ3v) is 2.50. The summed E-state index contributed by atoms with van der Waals surface area (Å²) >= 11 is 0. The summed E-state index contributed by atoms with van der Waals surface area (Å²) in [6, 6.07) is 9.89. The molecule has 5 nitrogen and oxygen atoms in total. The van der Waals surface area contributed by atoms with Crippen LogP contribution in [0.4, 0.5) is 0 Å². The SMILES string of the molecule is CCCOc1ccc(Oc2cc(C(=O)O)ccn2)cc1. The zero-order valence-electron chi connectivity index (χ0n) is 11.1. The molecule has 0 aliphatic heterocycles. The maximum atomic E-state index is 10.9. The topological polar surface area (TPSA) is 68.7 Å². The Bertz CT molecular complexity index is 581. The fraction of sp³-hybridized carbons (Fsp3) is 0.200. The summed E-state index contributed by atoms with van der Waals surface area (Å²) in [5.41, 5.74) is 0.137. The number of pyridine rings is 1. The Hall–Kier alpha value is -2.56. The molecule has 0 amide bonds. The first-order chi connectivity index (χ1) is 9.69. The molecule has 20 heavy (non-hydrogen) atoms. The summed E-state index contributed by atoms with van der Waals surface area (Å²) in [4.78, 5) is 14.8. The molecule has 0 fully saturated rings. The number of carbonyl (C=O) groups is 1. The van der Waals surface area contributed by atoms with Crippen LogP contribution in [0.1, 0.15) is 23.7 Å². The van der Waals surface area contributed by atoms with Crippen LogP contribution in [0.15, 0.2) is 42.6 Å². The fourth-order valence-corrected chi connectivity index (χ4v) is 1.54. The van der Waals surface area contributed by atoms with E-state index in [9.17, 15) is 4.79 Å². The smallest absolute Gasteiger partial charge is 0.335 e. The van der Waals surface area contributed by atoms with E-state index in [1.165, 1.54) is 18.3 Å². The second-order valence-corrected chi connectivity index (χ2v) is 4.11. The molecule has 0 atom stereocenters. The van der Waals surface area contributed by atoms with Crippen molar-refractivity contribution in [1.29, 1.82) is 0 Å². The number of hydrogen-bond acceptors (Lipinski definition) is 4. The summed E-state index contributed by atoms with van der Waals surface area (Å²) in [7, 11) is 0. The molecule has 1 N–H and O–H groups in total. The predicted octanol–water partition coefficient (Wildman–Crippen LogP) is 3.36. The van der Waals surface area contributed by atoms with E-state index < -0.39 is 5.97 Å². The highest BCUT2D eigenvalue weighted by Crippen LogP contribution is 2.23. The second kappa shape index (κ2) is 6.56. The van der Waals surface area contributed by atoms with Gasteiger partial charge in [0.25, 0.3) is 0 Å². The lowest BCUT2D eigenvalue weighted by Gasteiger charge is -2.07. The van der Waals surface area contributed by atoms with E-state index in [2.05, 4.69) is 4.98 Å². The summed E-state index contributed by atoms with van der Waals surface area (Å²) in [6.45, 7) is 2.71. The lowest BCUT2D eigenvalue weighted by molar-refractivity contribution is 0.0696.